The predicted octanol–water partition coefficient (Wildman–Crippen LogP) is 4.67. The van der Waals surface area contributed by atoms with E-state index in [1.54, 1.807) is 6.20 Å². The average molecular weight is 369 g/mol. The number of hydrogen-bond acceptors (Lipinski definition) is 3. The minimum absolute atomic E-state index is 0.133. The summed E-state index contributed by atoms with van der Waals surface area (Å²) in [6.45, 7) is 8.81. The zero-order chi connectivity index (χ0) is 18.5. The standard InChI is InChI=1S/C21H28N4S/c1-15-10-11-22-20(13-15)24-21(26)23-17(3)18-6-8-19(9-7-18)25-12-4-5-16(2)14-25/h6-11,13,16-17H,4-5,12,14H2,1-3H3,(H2,22,23,24,26)/t16-,17+/m0/s1. The zero-order valence-electron chi connectivity index (χ0n) is 15.8. The highest BCUT2D eigenvalue weighted by Gasteiger charge is 2.17. The van der Waals surface area contributed by atoms with Crippen molar-refractivity contribution in [3.8, 4) is 0 Å². The lowest BCUT2D eigenvalue weighted by atomic mass is 9.99. The summed E-state index contributed by atoms with van der Waals surface area (Å²) in [4.78, 5) is 6.78. The van der Waals surface area contributed by atoms with Crippen LogP contribution < -0.4 is 15.5 Å². The van der Waals surface area contributed by atoms with Gasteiger partial charge < -0.3 is 15.5 Å². The van der Waals surface area contributed by atoms with Crippen molar-refractivity contribution in [3.05, 3.63) is 53.7 Å². The molecule has 0 saturated carbocycles. The molecule has 5 heteroatoms. The highest BCUT2D eigenvalue weighted by atomic mass is 32.1. The van der Waals surface area contributed by atoms with Gasteiger partial charge >= 0.3 is 0 Å². The van der Waals surface area contributed by atoms with Gasteiger partial charge in [-0.1, -0.05) is 19.1 Å². The Kier molecular flexibility index (Phi) is 6.09. The third-order valence-corrected chi connectivity index (χ3v) is 5.14. The van der Waals surface area contributed by atoms with E-state index in [4.69, 9.17) is 12.2 Å². The van der Waals surface area contributed by atoms with Gasteiger partial charge in [-0.2, -0.15) is 0 Å². The van der Waals surface area contributed by atoms with Gasteiger partial charge in [0.1, 0.15) is 5.82 Å². The van der Waals surface area contributed by atoms with Gasteiger partial charge in [0, 0.05) is 25.0 Å². The van der Waals surface area contributed by atoms with Crippen molar-refractivity contribution in [1.29, 1.82) is 0 Å². The van der Waals surface area contributed by atoms with Crippen molar-refractivity contribution in [3.63, 3.8) is 0 Å². The first-order valence-corrected chi connectivity index (χ1v) is 9.77. The normalized spacial score (nSPS) is 18.3. The van der Waals surface area contributed by atoms with E-state index in [0.29, 0.717) is 5.11 Å². The van der Waals surface area contributed by atoms with Crippen LogP contribution in [0.2, 0.25) is 0 Å². The summed E-state index contributed by atoms with van der Waals surface area (Å²) >= 11 is 5.43. The zero-order valence-corrected chi connectivity index (χ0v) is 16.6. The summed E-state index contributed by atoms with van der Waals surface area (Å²) < 4.78 is 0. The van der Waals surface area contributed by atoms with E-state index < -0.39 is 0 Å². The molecule has 2 N–H and O–H groups in total. The molecule has 1 saturated heterocycles. The van der Waals surface area contributed by atoms with Crippen LogP contribution in [0.3, 0.4) is 0 Å². The van der Waals surface area contributed by atoms with Crippen molar-refractivity contribution >= 4 is 28.8 Å². The minimum Gasteiger partial charge on any atom is -0.371 e. The van der Waals surface area contributed by atoms with Crippen LogP contribution in [0.5, 0.6) is 0 Å². The molecule has 138 valence electrons. The molecule has 1 aromatic heterocycles. The Balaban J connectivity index is 1.57. The fourth-order valence-corrected chi connectivity index (χ4v) is 3.72. The van der Waals surface area contributed by atoms with Gasteiger partial charge in [0.2, 0.25) is 0 Å². The van der Waals surface area contributed by atoms with E-state index in [9.17, 15) is 0 Å². The maximum atomic E-state index is 5.43. The third kappa shape index (κ3) is 4.94. The number of aromatic nitrogens is 1. The third-order valence-electron chi connectivity index (χ3n) is 4.92. The molecule has 4 nitrogen and oxygen atoms in total. The number of nitrogens with one attached hydrogen (secondary N) is 2. The van der Waals surface area contributed by atoms with Gasteiger partial charge in [0.15, 0.2) is 5.11 Å². The van der Waals surface area contributed by atoms with E-state index in [0.717, 1.165) is 30.4 Å². The van der Waals surface area contributed by atoms with Crippen LogP contribution in [0.4, 0.5) is 11.5 Å². The van der Waals surface area contributed by atoms with Crippen LogP contribution in [-0.2, 0) is 0 Å². The van der Waals surface area contributed by atoms with E-state index in [2.05, 4.69) is 58.6 Å². The number of anilines is 2. The molecule has 1 fully saturated rings. The summed E-state index contributed by atoms with van der Waals surface area (Å²) in [5, 5.41) is 7.08. The molecule has 26 heavy (non-hydrogen) atoms. The minimum atomic E-state index is 0.133. The molecule has 0 spiro atoms. The van der Waals surface area contributed by atoms with Crippen molar-refractivity contribution in [1.82, 2.24) is 10.3 Å². The second-order valence-electron chi connectivity index (χ2n) is 7.32. The van der Waals surface area contributed by atoms with Crippen LogP contribution in [0.15, 0.2) is 42.6 Å². The number of aryl methyl sites for hydroxylation is 1. The summed E-state index contributed by atoms with van der Waals surface area (Å²) in [5.41, 5.74) is 3.69. The Bertz CT molecular complexity index is 744. The number of benzene rings is 1. The molecular formula is C21H28N4S. The largest absolute Gasteiger partial charge is 0.371 e. The van der Waals surface area contributed by atoms with Crippen LogP contribution >= 0.6 is 12.2 Å². The lowest BCUT2D eigenvalue weighted by molar-refractivity contribution is 0.447. The second-order valence-corrected chi connectivity index (χ2v) is 7.73. The fraction of sp³-hybridized carbons (Fsp3) is 0.429. The van der Waals surface area contributed by atoms with Gasteiger partial charge in [-0.3, -0.25) is 0 Å². The Morgan fingerprint density at radius 1 is 1.27 bits per heavy atom. The molecule has 0 unspecified atom stereocenters. The van der Waals surface area contributed by atoms with Gasteiger partial charge in [-0.25, -0.2) is 4.98 Å². The van der Waals surface area contributed by atoms with Crippen molar-refractivity contribution in [2.75, 3.05) is 23.3 Å². The lowest BCUT2D eigenvalue weighted by Gasteiger charge is -2.33. The highest BCUT2D eigenvalue weighted by molar-refractivity contribution is 7.80. The average Bonchev–Trinajstić information content (AvgIpc) is 2.61. The monoisotopic (exact) mass is 368 g/mol. The van der Waals surface area contributed by atoms with E-state index in [1.807, 2.05) is 19.1 Å². The van der Waals surface area contributed by atoms with E-state index in [1.165, 1.54) is 24.1 Å². The van der Waals surface area contributed by atoms with Gasteiger partial charge in [0.25, 0.3) is 0 Å². The van der Waals surface area contributed by atoms with Crippen LogP contribution in [-0.4, -0.2) is 23.2 Å². The number of nitrogens with zero attached hydrogens (tertiary/aromatic N) is 2. The SMILES string of the molecule is Cc1ccnc(NC(=S)N[C@H](C)c2ccc(N3CCC[C@H](C)C3)cc2)c1. The first kappa shape index (κ1) is 18.6. The molecule has 0 bridgehead atoms. The molecule has 2 atom stereocenters. The maximum Gasteiger partial charge on any atom is 0.172 e. The van der Waals surface area contributed by atoms with Crippen LogP contribution in [0, 0.1) is 12.8 Å². The Morgan fingerprint density at radius 3 is 2.73 bits per heavy atom. The number of piperidine rings is 1. The van der Waals surface area contributed by atoms with Crippen molar-refractivity contribution in [2.24, 2.45) is 5.92 Å². The maximum absolute atomic E-state index is 5.43. The predicted molar refractivity (Wildman–Crippen MR) is 114 cm³/mol. The van der Waals surface area contributed by atoms with E-state index >= 15 is 0 Å². The lowest BCUT2D eigenvalue weighted by Crippen LogP contribution is -2.34. The number of rotatable bonds is 4. The smallest absolute Gasteiger partial charge is 0.172 e. The van der Waals surface area contributed by atoms with Crippen LogP contribution in [0.1, 0.15) is 43.9 Å². The molecule has 2 heterocycles. The van der Waals surface area contributed by atoms with E-state index in [-0.39, 0.29) is 6.04 Å². The molecule has 0 amide bonds. The first-order valence-electron chi connectivity index (χ1n) is 9.36. The Labute approximate surface area is 162 Å². The molecule has 2 aromatic rings. The highest BCUT2D eigenvalue weighted by Crippen LogP contribution is 2.24. The molecule has 3 rings (SSSR count). The topological polar surface area (TPSA) is 40.2 Å². The second kappa shape index (κ2) is 8.49. The quantitative estimate of drug-likeness (QED) is 0.767. The number of pyridine rings is 1. The molecule has 0 aliphatic carbocycles. The molecule has 0 radical (unpaired) electrons. The Hall–Kier alpha value is -2.14. The van der Waals surface area contributed by atoms with Crippen molar-refractivity contribution < 1.29 is 0 Å². The molecule has 1 aromatic carbocycles. The molecular weight excluding hydrogens is 340 g/mol. The number of hydrogen-bond donors (Lipinski definition) is 2. The van der Waals surface area contributed by atoms with Gasteiger partial charge in [-0.15, -0.1) is 0 Å². The summed E-state index contributed by atoms with van der Waals surface area (Å²) in [6, 6.07) is 12.9. The summed E-state index contributed by atoms with van der Waals surface area (Å²) in [5.74, 6) is 1.55. The summed E-state index contributed by atoms with van der Waals surface area (Å²) in [6.07, 6.45) is 4.41. The molecule has 1 aliphatic heterocycles. The summed E-state index contributed by atoms with van der Waals surface area (Å²) in [7, 11) is 0. The van der Waals surface area contributed by atoms with Crippen LogP contribution in [0.25, 0.3) is 0 Å². The number of thiocarbonyl (C=S) groups is 1. The van der Waals surface area contributed by atoms with Gasteiger partial charge in [0.05, 0.1) is 6.04 Å². The Morgan fingerprint density at radius 2 is 2.04 bits per heavy atom. The van der Waals surface area contributed by atoms with Gasteiger partial charge in [-0.05, 0) is 80.2 Å². The first-order chi connectivity index (χ1) is 12.5. The van der Waals surface area contributed by atoms with Crippen molar-refractivity contribution in [2.45, 2.75) is 39.7 Å². The molecule has 1 aliphatic rings. The fourth-order valence-electron chi connectivity index (χ4n) is 3.43.